The van der Waals surface area contributed by atoms with Crippen LogP contribution in [0.2, 0.25) is 0 Å². The zero-order valence-corrected chi connectivity index (χ0v) is 24.6. The summed E-state index contributed by atoms with van der Waals surface area (Å²) in [5, 5.41) is 0. The molecule has 0 spiro atoms. The van der Waals surface area contributed by atoms with E-state index in [1.807, 2.05) is 13.8 Å². The van der Waals surface area contributed by atoms with Gasteiger partial charge >= 0.3 is 0 Å². The van der Waals surface area contributed by atoms with Crippen LogP contribution in [0, 0.1) is 40.0 Å². The number of benzene rings is 1. The minimum atomic E-state index is -0.628. The largest absolute Gasteiger partial charge is 0.366 e. The maximum Gasteiger partial charge on any atom is 0.230 e. The molecule has 0 N–H and O–H groups in total. The molecular weight excluding hydrogens is 434 g/mol. The maximum absolute atomic E-state index is 13.2. The molecule has 0 aliphatic carbocycles. The summed E-state index contributed by atoms with van der Waals surface area (Å²) >= 11 is 0. The summed E-state index contributed by atoms with van der Waals surface area (Å²) in [7, 11) is 0. The van der Waals surface area contributed by atoms with E-state index < -0.39 is 5.54 Å². The smallest absolute Gasteiger partial charge is 0.230 e. The first kappa shape index (κ1) is 27.7. The highest BCUT2D eigenvalue weighted by molar-refractivity contribution is 5.99. The molecule has 2 aliphatic rings. The van der Waals surface area contributed by atoms with E-state index >= 15 is 0 Å². The molecule has 2 atom stereocenters. The van der Waals surface area contributed by atoms with Gasteiger partial charge < -0.3 is 4.90 Å². The Balaban J connectivity index is 1.94. The Bertz CT molecular complexity index is 988. The fourth-order valence-corrected chi connectivity index (χ4v) is 6.59. The number of piperidine rings is 1. The lowest BCUT2D eigenvalue weighted by Gasteiger charge is -2.60. The fraction of sp³-hybridized carbons (Fsp3) is 0.733. The van der Waals surface area contributed by atoms with Gasteiger partial charge in [-0.1, -0.05) is 13.8 Å². The van der Waals surface area contributed by atoms with Gasteiger partial charge in [-0.2, -0.15) is 0 Å². The molecule has 5 heteroatoms. The Labute approximate surface area is 214 Å². The third kappa shape index (κ3) is 4.32. The molecule has 1 aromatic rings. The molecule has 35 heavy (non-hydrogen) atoms. The van der Waals surface area contributed by atoms with Crippen LogP contribution < -0.4 is 4.90 Å². The molecule has 2 unspecified atom stereocenters. The first-order valence-corrected chi connectivity index (χ1v) is 13.3. The van der Waals surface area contributed by atoms with Crippen LogP contribution in [0.5, 0.6) is 0 Å². The van der Waals surface area contributed by atoms with Gasteiger partial charge in [0.2, 0.25) is 11.8 Å². The number of likely N-dealkylation sites (tertiary alicyclic amines) is 1. The van der Waals surface area contributed by atoms with Crippen molar-refractivity contribution in [3.63, 3.8) is 0 Å². The molecule has 2 amide bonds. The molecule has 3 rings (SSSR count). The van der Waals surface area contributed by atoms with Gasteiger partial charge in [0.05, 0.1) is 5.54 Å². The number of anilines is 1. The van der Waals surface area contributed by atoms with Crippen molar-refractivity contribution in [2.45, 2.75) is 126 Å². The molecular formula is C30H49N3O2. The number of amides is 2. The molecule has 0 radical (unpaired) electrons. The van der Waals surface area contributed by atoms with E-state index in [2.05, 4.69) is 86.0 Å². The average molecular weight is 484 g/mol. The highest BCUT2D eigenvalue weighted by Crippen LogP contribution is 2.43. The van der Waals surface area contributed by atoms with Crippen molar-refractivity contribution in [1.82, 2.24) is 9.80 Å². The first-order valence-electron chi connectivity index (χ1n) is 13.3. The normalized spacial score (nSPS) is 24.4. The minimum Gasteiger partial charge on any atom is -0.366 e. The SMILES string of the molecule is Cc1c(C)c(C)c(N2CCN(C(C)(C)C(C)(C)N3C(=O)CC(C)(C)CC3=O)C(C)C2C)c(C)c1C. The predicted molar refractivity (Wildman–Crippen MR) is 146 cm³/mol. The highest BCUT2D eigenvalue weighted by atomic mass is 16.2. The summed E-state index contributed by atoms with van der Waals surface area (Å²) in [5.41, 5.74) is 7.02. The van der Waals surface area contributed by atoms with Crippen LogP contribution in [0.25, 0.3) is 0 Å². The topological polar surface area (TPSA) is 43.9 Å². The van der Waals surface area contributed by atoms with Crippen LogP contribution in [0.1, 0.15) is 96.0 Å². The van der Waals surface area contributed by atoms with Crippen molar-refractivity contribution in [1.29, 1.82) is 0 Å². The lowest BCUT2D eigenvalue weighted by molar-refractivity contribution is -0.167. The van der Waals surface area contributed by atoms with Crippen molar-refractivity contribution in [3.8, 4) is 0 Å². The van der Waals surface area contributed by atoms with Gasteiger partial charge in [0.15, 0.2) is 0 Å². The van der Waals surface area contributed by atoms with E-state index in [9.17, 15) is 9.59 Å². The minimum absolute atomic E-state index is 0.0412. The molecule has 2 saturated heterocycles. The number of imide groups is 1. The third-order valence-electron chi connectivity index (χ3n) is 10.0. The number of carbonyl (C=O) groups is 2. The molecule has 196 valence electrons. The van der Waals surface area contributed by atoms with Gasteiger partial charge in [-0.15, -0.1) is 0 Å². The number of nitrogens with zero attached hydrogens (tertiary/aromatic N) is 3. The van der Waals surface area contributed by atoms with E-state index in [1.54, 1.807) is 4.90 Å². The van der Waals surface area contributed by atoms with Crippen LogP contribution >= 0.6 is 0 Å². The van der Waals surface area contributed by atoms with Crippen LogP contribution in [-0.4, -0.2) is 57.9 Å². The monoisotopic (exact) mass is 483 g/mol. The summed E-state index contributed by atoms with van der Waals surface area (Å²) in [4.78, 5) is 33.2. The second-order valence-corrected chi connectivity index (χ2v) is 13.1. The van der Waals surface area contributed by atoms with E-state index in [4.69, 9.17) is 0 Å². The molecule has 0 saturated carbocycles. The number of carbonyl (C=O) groups excluding carboxylic acids is 2. The van der Waals surface area contributed by atoms with Crippen LogP contribution in [-0.2, 0) is 9.59 Å². The maximum atomic E-state index is 13.2. The Morgan fingerprint density at radius 1 is 0.686 bits per heavy atom. The lowest BCUT2D eigenvalue weighted by atomic mass is 9.74. The van der Waals surface area contributed by atoms with Gasteiger partial charge in [0, 0.05) is 49.2 Å². The number of piperazine rings is 1. The molecule has 2 aliphatic heterocycles. The van der Waals surface area contributed by atoms with Crippen LogP contribution in [0.4, 0.5) is 5.69 Å². The number of rotatable bonds is 4. The molecule has 2 heterocycles. The van der Waals surface area contributed by atoms with Crippen molar-refractivity contribution in [2.75, 3.05) is 18.0 Å². The lowest BCUT2D eigenvalue weighted by Crippen LogP contribution is -2.73. The highest BCUT2D eigenvalue weighted by Gasteiger charge is 2.54. The Morgan fingerprint density at radius 3 is 1.57 bits per heavy atom. The van der Waals surface area contributed by atoms with Crippen LogP contribution in [0.15, 0.2) is 0 Å². The number of hydrogen-bond donors (Lipinski definition) is 0. The molecule has 0 bridgehead atoms. The van der Waals surface area contributed by atoms with E-state index in [1.165, 1.54) is 33.5 Å². The van der Waals surface area contributed by atoms with Gasteiger partial charge in [0.1, 0.15) is 0 Å². The average Bonchev–Trinajstić information content (AvgIpc) is 2.72. The summed E-state index contributed by atoms with van der Waals surface area (Å²) in [5.74, 6) is -0.0824. The van der Waals surface area contributed by atoms with E-state index in [0.29, 0.717) is 18.9 Å². The van der Waals surface area contributed by atoms with Gasteiger partial charge in [0.25, 0.3) is 0 Å². The molecule has 5 nitrogen and oxygen atoms in total. The zero-order chi connectivity index (χ0) is 26.8. The predicted octanol–water partition coefficient (Wildman–Crippen LogP) is 5.86. The third-order valence-corrected chi connectivity index (χ3v) is 10.0. The van der Waals surface area contributed by atoms with Crippen molar-refractivity contribution >= 4 is 17.5 Å². The van der Waals surface area contributed by atoms with Crippen LogP contribution in [0.3, 0.4) is 0 Å². The summed E-state index contributed by atoms with van der Waals surface area (Å²) < 4.78 is 0. The quantitative estimate of drug-likeness (QED) is 0.503. The first-order chi connectivity index (χ1) is 15.9. The van der Waals surface area contributed by atoms with E-state index in [-0.39, 0.29) is 28.8 Å². The van der Waals surface area contributed by atoms with Crippen molar-refractivity contribution < 1.29 is 9.59 Å². The van der Waals surface area contributed by atoms with Gasteiger partial charge in [-0.25, -0.2) is 0 Å². The Hall–Kier alpha value is -1.88. The van der Waals surface area contributed by atoms with Crippen molar-refractivity contribution in [2.24, 2.45) is 5.41 Å². The fourth-order valence-electron chi connectivity index (χ4n) is 6.59. The summed E-state index contributed by atoms with van der Waals surface area (Å²) in [6.45, 7) is 30.3. The second kappa shape index (κ2) is 8.90. The zero-order valence-electron chi connectivity index (χ0n) is 24.6. The Kier molecular flexibility index (Phi) is 7.04. The molecule has 0 aromatic heterocycles. The summed E-state index contributed by atoms with van der Waals surface area (Å²) in [6.07, 6.45) is 0.839. The van der Waals surface area contributed by atoms with E-state index in [0.717, 1.165) is 13.1 Å². The van der Waals surface area contributed by atoms with Gasteiger partial charge in [-0.3, -0.25) is 19.4 Å². The second-order valence-electron chi connectivity index (χ2n) is 13.1. The Morgan fingerprint density at radius 2 is 1.11 bits per heavy atom. The molecule has 2 fully saturated rings. The number of hydrogen-bond acceptors (Lipinski definition) is 4. The summed E-state index contributed by atoms with van der Waals surface area (Å²) in [6, 6.07) is 0.551. The van der Waals surface area contributed by atoms with Crippen molar-refractivity contribution in [3.05, 3.63) is 27.8 Å². The standard InChI is InChI=1S/C30H49N3O2/c1-18-19(2)21(4)27(22(5)20(18)3)31-14-15-32(24(7)23(31)6)29(10,11)30(12,13)33-25(34)16-28(8,9)17-26(33)35/h23-24H,14-17H2,1-13H3. The molecule has 1 aromatic carbocycles. The van der Waals surface area contributed by atoms with Gasteiger partial charge in [-0.05, 0) is 109 Å².